The van der Waals surface area contributed by atoms with Crippen molar-refractivity contribution in [3.05, 3.63) is 54.0 Å². The SMILES string of the molecule is CNC(=O)c1cc(OC)n(C(C)c2cccc(-c3cnn(C(=O)OC(C)(C)C)c3)c2)n1. The normalized spacial score (nSPS) is 12.3. The Morgan fingerprint density at radius 2 is 1.90 bits per heavy atom. The molecular formula is C22H27N5O4. The predicted octanol–water partition coefficient (Wildman–Crippen LogP) is 3.51. The number of amides is 1. The maximum atomic E-state index is 12.2. The van der Waals surface area contributed by atoms with Crippen molar-refractivity contribution in [1.29, 1.82) is 0 Å². The molecule has 0 aliphatic heterocycles. The molecule has 1 unspecified atom stereocenters. The maximum absolute atomic E-state index is 12.2. The van der Waals surface area contributed by atoms with E-state index in [9.17, 15) is 9.59 Å². The van der Waals surface area contributed by atoms with Gasteiger partial charge >= 0.3 is 6.09 Å². The highest BCUT2D eigenvalue weighted by Gasteiger charge is 2.21. The molecular weight excluding hydrogens is 398 g/mol. The number of benzene rings is 1. The first-order valence-electron chi connectivity index (χ1n) is 9.87. The van der Waals surface area contributed by atoms with E-state index >= 15 is 0 Å². The summed E-state index contributed by atoms with van der Waals surface area (Å²) in [6.45, 7) is 7.38. The second-order valence-corrected chi connectivity index (χ2v) is 8.05. The second kappa shape index (κ2) is 8.63. The largest absolute Gasteiger partial charge is 0.481 e. The average molecular weight is 425 g/mol. The summed E-state index contributed by atoms with van der Waals surface area (Å²) in [5.41, 5.74) is 2.29. The van der Waals surface area contributed by atoms with Gasteiger partial charge in [0.25, 0.3) is 5.91 Å². The Labute approximate surface area is 181 Å². The van der Waals surface area contributed by atoms with Gasteiger partial charge in [0, 0.05) is 24.9 Å². The first-order chi connectivity index (χ1) is 14.6. The van der Waals surface area contributed by atoms with Crippen LogP contribution in [0.3, 0.4) is 0 Å². The zero-order chi connectivity index (χ0) is 22.8. The fraction of sp³-hybridized carbons (Fsp3) is 0.364. The molecule has 0 spiro atoms. The first kappa shape index (κ1) is 22.1. The zero-order valence-corrected chi connectivity index (χ0v) is 18.5. The molecule has 2 aromatic heterocycles. The lowest BCUT2D eigenvalue weighted by atomic mass is 10.0. The molecule has 1 N–H and O–H groups in total. The molecule has 0 bridgehead atoms. The van der Waals surface area contributed by atoms with Crippen LogP contribution in [0.2, 0.25) is 0 Å². The van der Waals surface area contributed by atoms with E-state index in [1.165, 1.54) is 11.8 Å². The number of ether oxygens (including phenoxy) is 2. The Hall–Kier alpha value is -3.62. The van der Waals surface area contributed by atoms with Gasteiger partial charge in [-0.3, -0.25) is 4.79 Å². The number of nitrogens with one attached hydrogen (secondary N) is 1. The van der Waals surface area contributed by atoms with E-state index in [4.69, 9.17) is 9.47 Å². The van der Waals surface area contributed by atoms with Gasteiger partial charge in [-0.1, -0.05) is 18.2 Å². The molecule has 9 heteroatoms. The van der Waals surface area contributed by atoms with Gasteiger partial charge in [-0.15, -0.1) is 0 Å². The number of rotatable bonds is 5. The summed E-state index contributed by atoms with van der Waals surface area (Å²) in [6, 6.07) is 9.21. The van der Waals surface area contributed by atoms with Gasteiger partial charge in [-0.25, -0.2) is 9.48 Å². The number of hydrogen-bond donors (Lipinski definition) is 1. The van der Waals surface area contributed by atoms with Crippen molar-refractivity contribution in [3.63, 3.8) is 0 Å². The van der Waals surface area contributed by atoms with Gasteiger partial charge < -0.3 is 14.8 Å². The standard InChI is InChI=1S/C22H27N5O4/c1-14(27-19(30-6)11-18(25-27)20(28)23-5)15-8-7-9-16(10-15)17-12-24-26(13-17)21(29)31-22(2,3)4/h7-14H,1-6H3,(H,23,28). The molecule has 0 saturated heterocycles. The van der Waals surface area contributed by atoms with Crippen molar-refractivity contribution >= 4 is 12.0 Å². The van der Waals surface area contributed by atoms with E-state index in [-0.39, 0.29) is 17.6 Å². The summed E-state index contributed by atoms with van der Waals surface area (Å²) < 4.78 is 13.6. The highest BCUT2D eigenvalue weighted by molar-refractivity contribution is 5.92. The molecule has 1 aromatic carbocycles. The van der Waals surface area contributed by atoms with Crippen molar-refractivity contribution in [2.24, 2.45) is 0 Å². The Morgan fingerprint density at radius 3 is 2.55 bits per heavy atom. The molecule has 0 fully saturated rings. The summed E-state index contributed by atoms with van der Waals surface area (Å²) in [5, 5.41) is 11.1. The predicted molar refractivity (Wildman–Crippen MR) is 115 cm³/mol. The number of carbonyl (C=O) groups excluding carboxylic acids is 2. The summed E-state index contributed by atoms with van der Waals surface area (Å²) in [6.07, 6.45) is 2.72. The molecule has 164 valence electrons. The molecule has 1 atom stereocenters. The minimum Gasteiger partial charge on any atom is -0.481 e. The fourth-order valence-electron chi connectivity index (χ4n) is 3.05. The van der Waals surface area contributed by atoms with Crippen LogP contribution in [0.5, 0.6) is 5.88 Å². The Morgan fingerprint density at radius 1 is 1.16 bits per heavy atom. The van der Waals surface area contributed by atoms with E-state index in [2.05, 4.69) is 15.5 Å². The van der Waals surface area contributed by atoms with Crippen LogP contribution in [0.15, 0.2) is 42.7 Å². The number of hydrogen-bond acceptors (Lipinski definition) is 6. The summed E-state index contributed by atoms with van der Waals surface area (Å²) >= 11 is 0. The van der Waals surface area contributed by atoms with E-state index in [1.807, 2.05) is 31.2 Å². The van der Waals surface area contributed by atoms with Crippen molar-refractivity contribution in [2.45, 2.75) is 39.3 Å². The smallest absolute Gasteiger partial charge is 0.435 e. The lowest BCUT2D eigenvalue weighted by Gasteiger charge is -2.18. The summed E-state index contributed by atoms with van der Waals surface area (Å²) in [5.74, 6) is 0.196. The number of aromatic nitrogens is 4. The molecule has 1 amide bonds. The summed E-state index contributed by atoms with van der Waals surface area (Å²) in [7, 11) is 3.09. The van der Waals surface area contributed by atoms with E-state index < -0.39 is 11.7 Å². The average Bonchev–Trinajstić information content (AvgIpc) is 3.39. The highest BCUT2D eigenvalue weighted by Crippen LogP contribution is 2.28. The van der Waals surface area contributed by atoms with Crippen molar-refractivity contribution in [2.75, 3.05) is 14.2 Å². The quantitative estimate of drug-likeness (QED) is 0.671. The lowest BCUT2D eigenvalue weighted by molar-refractivity contribution is 0.0514. The van der Waals surface area contributed by atoms with Crippen LogP contribution >= 0.6 is 0 Å². The molecule has 3 aromatic rings. The molecule has 9 nitrogen and oxygen atoms in total. The van der Waals surface area contributed by atoms with Gasteiger partial charge in [0.15, 0.2) is 5.69 Å². The van der Waals surface area contributed by atoms with Crippen molar-refractivity contribution in [3.8, 4) is 17.0 Å². The van der Waals surface area contributed by atoms with Crippen LogP contribution in [0.1, 0.15) is 49.8 Å². The van der Waals surface area contributed by atoms with Gasteiger partial charge in [-0.05, 0) is 44.9 Å². The van der Waals surface area contributed by atoms with Crippen molar-refractivity contribution < 1.29 is 19.1 Å². The zero-order valence-electron chi connectivity index (χ0n) is 18.5. The maximum Gasteiger partial charge on any atom is 0.435 e. The van der Waals surface area contributed by atoms with Crippen LogP contribution in [-0.2, 0) is 4.74 Å². The topological polar surface area (TPSA) is 100 Å². The third-order valence-electron chi connectivity index (χ3n) is 4.60. The number of methoxy groups -OCH3 is 1. The van der Waals surface area contributed by atoms with Crippen LogP contribution in [0.25, 0.3) is 11.1 Å². The van der Waals surface area contributed by atoms with E-state index in [0.29, 0.717) is 5.88 Å². The Bertz CT molecular complexity index is 1090. The molecule has 0 saturated carbocycles. The van der Waals surface area contributed by atoms with Crippen LogP contribution in [0, 0.1) is 0 Å². The third kappa shape index (κ3) is 4.93. The van der Waals surface area contributed by atoms with E-state index in [0.717, 1.165) is 16.7 Å². The second-order valence-electron chi connectivity index (χ2n) is 8.05. The van der Waals surface area contributed by atoms with E-state index in [1.54, 1.807) is 51.0 Å². The first-order valence-corrected chi connectivity index (χ1v) is 9.87. The van der Waals surface area contributed by atoms with Crippen LogP contribution in [-0.4, -0.2) is 51.3 Å². The molecule has 0 aliphatic carbocycles. The Kier molecular flexibility index (Phi) is 6.14. The molecule has 2 heterocycles. The fourth-order valence-corrected chi connectivity index (χ4v) is 3.05. The van der Waals surface area contributed by atoms with Crippen LogP contribution < -0.4 is 10.1 Å². The molecule has 3 rings (SSSR count). The van der Waals surface area contributed by atoms with Crippen LogP contribution in [0.4, 0.5) is 4.79 Å². The minimum atomic E-state index is -0.602. The number of nitrogens with zero attached hydrogens (tertiary/aromatic N) is 4. The Balaban J connectivity index is 1.88. The number of carbonyl (C=O) groups is 2. The van der Waals surface area contributed by atoms with Gasteiger partial charge in [-0.2, -0.15) is 14.9 Å². The molecule has 0 aliphatic rings. The van der Waals surface area contributed by atoms with Gasteiger partial charge in [0.1, 0.15) is 5.60 Å². The minimum absolute atomic E-state index is 0.200. The third-order valence-corrected chi connectivity index (χ3v) is 4.60. The monoisotopic (exact) mass is 425 g/mol. The molecule has 31 heavy (non-hydrogen) atoms. The molecule has 0 radical (unpaired) electrons. The van der Waals surface area contributed by atoms with Gasteiger partial charge in [0.2, 0.25) is 5.88 Å². The lowest BCUT2D eigenvalue weighted by Crippen LogP contribution is -2.27. The summed E-state index contributed by atoms with van der Waals surface area (Å²) in [4.78, 5) is 24.2. The highest BCUT2D eigenvalue weighted by atomic mass is 16.6. The van der Waals surface area contributed by atoms with Crippen molar-refractivity contribution in [1.82, 2.24) is 24.9 Å². The van der Waals surface area contributed by atoms with Gasteiger partial charge in [0.05, 0.1) is 19.3 Å².